The van der Waals surface area contributed by atoms with Gasteiger partial charge in [0.05, 0.1) is 5.69 Å². The zero-order valence-electron chi connectivity index (χ0n) is 15.7. The van der Waals surface area contributed by atoms with Gasteiger partial charge in [-0.15, -0.1) is 20.4 Å². The predicted octanol–water partition coefficient (Wildman–Crippen LogP) is 1.44. The van der Waals surface area contributed by atoms with Crippen molar-refractivity contribution in [3.8, 4) is 5.88 Å². The van der Waals surface area contributed by atoms with Crippen molar-refractivity contribution < 1.29 is 17.9 Å². The molecule has 0 bridgehead atoms. The topological polar surface area (TPSA) is 84.6 Å². The number of rotatable bonds is 5. The molecule has 4 rings (SSSR count). The lowest BCUT2D eigenvalue weighted by Gasteiger charge is -2.35. The lowest BCUT2D eigenvalue weighted by molar-refractivity contribution is -0.146. The predicted molar refractivity (Wildman–Crippen MR) is 96.7 cm³/mol. The second kappa shape index (κ2) is 7.78. The average Bonchev–Trinajstić information content (AvgIpc) is 3.14. The monoisotopic (exact) mass is 408 g/mol. The molecule has 0 atom stereocenters. The Bertz CT molecular complexity index is 967. The van der Waals surface area contributed by atoms with Crippen molar-refractivity contribution in [2.24, 2.45) is 0 Å². The van der Waals surface area contributed by atoms with Crippen molar-refractivity contribution in [1.82, 2.24) is 34.9 Å². The van der Waals surface area contributed by atoms with E-state index in [1.807, 2.05) is 17.9 Å². The summed E-state index contributed by atoms with van der Waals surface area (Å²) in [7, 11) is 0. The molecule has 1 aliphatic rings. The van der Waals surface area contributed by atoms with Crippen LogP contribution in [0.3, 0.4) is 0 Å². The zero-order valence-corrected chi connectivity index (χ0v) is 15.7. The molecule has 0 aliphatic carbocycles. The number of aromatic nitrogens is 6. The van der Waals surface area contributed by atoms with Crippen LogP contribution in [0, 0.1) is 6.92 Å². The largest absolute Gasteiger partial charge is 0.475 e. The van der Waals surface area contributed by atoms with Crippen LogP contribution in [0.4, 0.5) is 19.0 Å². The van der Waals surface area contributed by atoms with Gasteiger partial charge in [-0.25, -0.2) is 0 Å². The molecule has 0 N–H and O–H groups in total. The van der Waals surface area contributed by atoms with Gasteiger partial charge in [0.15, 0.2) is 5.65 Å². The third kappa shape index (κ3) is 4.36. The zero-order chi connectivity index (χ0) is 20.4. The molecule has 0 saturated carbocycles. The van der Waals surface area contributed by atoms with Gasteiger partial charge in [-0.1, -0.05) is 0 Å². The number of anilines is 1. The smallest absolute Gasteiger partial charge is 0.453 e. The molecule has 0 amide bonds. The fourth-order valence-corrected chi connectivity index (χ4v) is 3.07. The number of hydrogen-bond acceptors (Lipinski definition) is 8. The van der Waals surface area contributed by atoms with Crippen LogP contribution in [0.15, 0.2) is 24.3 Å². The fraction of sp³-hybridized carbons (Fsp3) is 0.471. The molecule has 0 aromatic carbocycles. The van der Waals surface area contributed by atoms with Crippen LogP contribution in [0.25, 0.3) is 5.65 Å². The molecule has 12 heteroatoms. The van der Waals surface area contributed by atoms with Crippen LogP contribution in [-0.4, -0.2) is 74.2 Å². The van der Waals surface area contributed by atoms with E-state index in [1.54, 1.807) is 12.1 Å². The average molecular weight is 408 g/mol. The van der Waals surface area contributed by atoms with Crippen molar-refractivity contribution in [3.05, 3.63) is 35.8 Å². The molecule has 1 fully saturated rings. The standard InChI is InChI=1S/C17H19F3N8O/c1-12-2-5-15(23-21-12)29-11-10-26-6-8-27(9-7-26)14-4-3-13-22-24-16(17(18,19)20)28(13)25-14/h2-5H,6-11H2,1H3. The summed E-state index contributed by atoms with van der Waals surface area (Å²) in [5.41, 5.74) is 0.894. The molecule has 0 unspecified atom stereocenters. The van der Waals surface area contributed by atoms with Gasteiger partial charge in [0, 0.05) is 38.8 Å². The molecule has 3 aromatic rings. The molecule has 0 spiro atoms. The molecule has 9 nitrogen and oxygen atoms in total. The minimum Gasteiger partial charge on any atom is -0.475 e. The quantitative estimate of drug-likeness (QED) is 0.627. The maximum atomic E-state index is 13.0. The minimum atomic E-state index is -4.61. The molecular weight excluding hydrogens is 389 g/mol. The Morgan fingerprint density at radius 3 is 2.45 bits per heavy atom. The molecule has 1 saturated heterocycles. The third-order valence-electron chi connectivity index (χ3n) is 4.63. The summed E-state index contributed by atoms with van der Waals surface area (Å²) in [5, 5.41) is 18.7. The summed E-state index contributed by atoms with van der Waals surface area (Å²) in [4.78, 5) is 4.17. The first-order valence-corrected chi connectivity index (χ1v) is 9.10. The van der Waals surface area contributed by atoms with E-state index in [0.717, 1.165) is 29.8 Å². The van der Waals surface area contributed by atoms with Gasteiger partial charge in [-0.2, -0.15) is 22.8 Å². The fourth-order valence-electron chi connectivity index (χ4n) is 3.07. The number of aryl methyl sites for hydroxylation is 1. The first-order chi connectivity index (χ1) is 13.9. The van der Waals surface area contributed by atoms with Gasteiger partial charge >= 0.3 is 6.18 Å². The van der Waals surface area contributed by atoms with Gasteiger partial charge < -0.3 is 9.64 Å². The Morgan fingerprint density at radius 1 is 0.966 bits per heavy atom. The van der Waals surface area contributed by atoms with Gasteiger partial charge in [0.2, 0.25) is 5.88 Å². The van der Waals surface area contributed by atoms with Crippen LogP contribution < -0.4 is 9.64 Å². The van der Waals surface area contributed by atoms with E-state index in [0.29, 0.717) is 31.4 Å². The van der Waals surface area contributed by atoms with Crippen molar-refractivity contribution in [2.75, 3.05) is 44.2 Å². The normalized spacial score (nSPS) is 15.8. The highest BCUT2D eigenvalue weighted by Crippen LogP contribution is 2.28. The number of ether oxygens (including phenoxy) is 1. The Labute approximate surface area is 164 Å². The summed E-state index contributed by atoms with van der Waals surface area (Å²) in [6, 6.07) is 6.78. The van der Waals surface area contributed by atoms with Crippen molar-refractivity contribution in [2.45, 2.75) is 13.1 Å². The first kappa shape index (κ1) is 19.3. The van der Waals surface area contributed by atoms with Crippen LogP contribution in [-0.2, 0) is 6.18 Å². The number of piperazine rings is 1. The summed E-state index contributed by atoms with van der Waals surface area (Å²) in [6.45, 7) is 5.85. The van der Waals surface area contributed by atoms with Crippen molar-refractivity contribution in [1.29, 1.82) is 0 Å². The minimum absolute atomic E-state index is 0.0658. The number of nitrogens with zero attached hydrogens (tertiary/aromatic N) is 8. The number of fused-ring (bicyclic) bond motifs is 1. The highest BCUT2D eigenvalue weighted by Gasteiger charge is 2.37. The summed E-state index contributed by atoms with van der Waals surface area (Å²) >= 11 is 0. The Morgan fingerprint density at radius 2 is 1.76 bits per heavy atom. The van der Waals surface area contributed by atoms with Gasteiger partial charge in [-0.3, -0.25) is 4.90 Å². The SMILES string of the molecule is Cc1ccc(OCCN2CCN(c3ccc4nnc(C(F)(F)F)n4n3)CC2)nn1. The van der Waals surface area contributed by atoms with Crippen LogP contribution >= 0.6 is 0 Å². The van der Waals surface area contributed by atoms with E-state index in [-0.39, 0.29) is 5.65 Å². The van der Waals surface area contributed by atoms with Crippen LogP contribution in [0.2, 0.25) is 0 Å². The number of alkyl halides is 3. The van der Waals surface area contributed by atoms with E-state index >= 15 is 0 Å². The maximum Gasteiger partial charge on any atom is 0.453 e. The number of halogens is 3. The lowest BCUT2D eigenvalue weighted by Crippen LogP contribution is -2.47. The Hall–Kier alpha value is -3.02. The summed E-state index contributed by atoms with van der Waals surface area (Å²) < 4.78 is 45.4. The first-order valence-electron chi connectivity index (χ1n) is 9.10. The van der Waals surface area contributed by atoms with E-state index in [1.165, 1.54) is 6.07 Å². The van der Waals surface area contributed by atoms with E-state index < -0.39 is 12.0 Å². The van der Waals surface area contributed by atoms with E-state index in [4.69, 9.17) is 4.74 Å². The van der Waals surface area contributed by atoms with Crippen molar-refractivity contribution >= 4 is 11.5 Å². The molecule has 1 aliphatic heterocycles. The molecule has 0 radical (unpaired) electrons. The maximum absolute atomic E-state index is 13.0. The van der Waals surface area contributed by atoms with Crippen molar-refractivity contribution in [3.63, 3.8) is 0 Å². The van der Waals surface area contributed by atoms with Gasteiger partial charge in [0.1, 0.15) is 12.4 Å². The second-order valence-corrected chi connectivity index (χ2v) is 6.67. The number of hydrogen-bond donors (Lipinski definition) is 0. The summed E-state index contributed by atoms with van der Waals surface area (Å²) in [6.07, 6.45) is -4.61. The van der Waals surface area contributed by atoms with E-state index in [9.17, 15) is 13.2 Å². The molecular formula is C17H19F3N8O. The van der Waals surface area contributed by atoms with Gasteiger partial charge in [0.25, 0.3) is 5.82 Å². The second-order valence-electron chi connectivity index (χ2n) is 6.67. The lowest BCUT2D eigenvalue weighted by atomic mass is 10.3. The molecule has 3 aromatic heterocycles. The Balaban J connectivity index is 1.33. The Kier molecular flexibility index (Phi) is 5.18. The molecule has 4 heterocycles. The highest BCUT2D eigenvalue weighted by molar-refractivity contribution is 5.46. The summed E-state index contributed by atoms with van der Waals surface area (Å²) in [5.74, 6) is -0.167. The highest BCUT2D eigenvalue weighted by atomic mass is 19.4. The van der Waals surface area contributed by atoms with Crippen LogP contribution in [0.5, 0.6) is 5.88 Å². The third-order valence-corrected chi connectivity index (χ3v) is 4.63. The van der Waals surface area contributed by atoms with Crippen LogP contribution in [0.1, 0.15) is 11.5 Å². The van der Waals surface area contributed by atoms with Gasteiger partial charge in [-0.05, 0) is 25.1 Å². The van der Waals surface area contributed by atoms with E-state index in [2.05, 4.69) is 30.4 Å². The molecule has 154 valence electrons. The molecule has 29 heavy (non-hydrogen) atoms.